The lowest BCUT2D eigenvalue weighted by Crippen LogP contribution is -2.42. The topological polar surface area (TPSA) is 130 Å². The predicted octanol–water partition coefficient (Wildman–Crippen LogP) is 10.3. The van der Waals surface area contributed by atoms with Gasteiger partial charge in [-0.15, -0.1) is 0 Å². The zero-order valence-electron chi connectivity index (χ0n) is 30.9. The van der Waals surface area contributed by atoms with Crippen molar-refractivity contribution in [1.82, 2.24) is 0 Å². The van der Waals surface area contributed by atoms with Gasteiger partial charge in [-0.3, -0.25) is 0 Å². The maximum atomic E-state index is 10.5. The zero-order chi connectivity index (χ0) is 35.1. The molecular formula is C39H70O10. The molecule has 286 valence electrons. The van der Waals surface area contributed by atoms with Crippen LogP contribution in [0.15, 0.2) is 0 Å². The lowest BCUT2D eigenvalue weighted by atomic mass is 9.79. The molecule has 10 nitrogen and oxygen atoms in total. The number of rotatable bonds is 19. The van der Waals surface area contributed by atoms with Gasteiger partial charge in [0.05, 0.1) is 26.4 Å². The second-order valence-corrected chi connectivity index (χ2v) is 15.1. The van der Waals surface area contributed by atoms with Crippen LogP contribution in [0, 0.1) is 23.7 Å². The minimum absolute atomic E-state index is 0.173. The van der Waals surface area contributed by atoms with E-state index in [1.807, 2.05) is 0 Å². The first-order chi connectivity index (χ1) is 23.9. The SMILES string of the molecule is CCCCCCCCCC1CCC(C2OCC(OC(=O)O)CO2)CC1.CCCCCCCC[C@H]1CC[C@H]([C@H]2OC[C@H](OC(=O)O)CO2)CC1. The summed E-state index contributed by atoms with van der Waals surface area (Å²) in [6.07, 6.45) is 26.6. The van der Waals surface area contributed by atoms with Gasteiger partial charge in [-0.05, 0) is 63.2 Å². The van der Waals surface area contributed by atoms with Gasteiger partial charge in [0.1, 0.15) is 0 Å². The summed E-state index contributed by atoms with van der Waals surface area (Å²) < 4.78 is 32.2. The Morgan fingerprint density at radius 2 is 0.796 bits per heavy atom. The van der Waals surface area contributed by atoms with Crippen molar-refractivity contribution >= 4 is 12.3 Å². The van der Waals surface area contributed by atoms with E-state index in [4.69, 9.17) is 33.9 Å². The Balaban J connectivity index is 0.000000266. The summed E-state index contributed by atoms with van der Waals surface area (Å²) in [7, 11) is 0. The first-order valence-electron chi connectivity index (χ1n) is 20.1. The molecule has 2 N–H and O–H groups in total. The van der Waals surface area contributed by atoms with Crippen LogP contribution in [0.3, 0.4) is 0 Å². The molecule has 4 fully saturated rings. The highest BCUT2D eigenvalue weighted by Gasteiger charge is 2.35. The first kappa shape index (κ1) is 41.8. The van der Waals surface area contributed by atoms with E-state index in [9.17, 15) is 9.59 Å². The van der Waals surface area contributed by atoms with Gasteiger partial charge in [0.25, 0.3) is 0 Å². The average molecular weight is 699 g/mol. The Hall–Kier alpha value is -1.62. The minimum atomic E-state index is -1.26. The van der Waals surface area contributed by atoms with Gasteiger partial charge in [0, 0.05) is 11.8 Å². The van der Waals surface area contributed by atoms with Crippen molar-refractivity contribution < 1.29 is 48.2 Å². The lowest BCUT2D eigenvalue weighted by molar-refractivity contribution is -0.243. The van der Waals surface area contributed by atoms with E-state index in [2.05, 4.69) is 18.6 Å². The Bertz CT molecular complexity index is 839. The van der Waals surface area contributed by atoms with Crippen LogP contribution in [0.25, 0.3) is 0 Å². The molecule has 2 aliphatic heterocycles. The van der Waals surface area contributed by atoms with Crippen molar-refractivity contribution in [3.8, 4) is 0 Å². The Morgan fingerprint density at radius 1 is 0.490 bits per heavy atom. The Kier molecular flexibility index (Phi) is 21.6. The molecule has 0 unspecified atom stereocenters. The van der Waals surface area contributed by atoms with Crippen LogP contribution >= 0.6 is 0 Å². The molecule has 0 aromatic rings. The van der Waals surface area contributed by atoms with Crippen LogP contribution in [-0.2, 0) is 28.4 Å². The summed E-state index contributed by atoms with van der Waals surface area (Å²) in [6.45, 7) is 5.78. The monoisotopic (exact) mass is 698 g/mol. The molecule has 0 bridgehead atoms. The fourth-order valence-electron chi connectivity index (χ4n) is 8.07. The van der Waals surface area contributed by atoms with Crippen molar-refractivity contribution in [2.45, 2.75) is 186 Å². The molecule has 0 amide bonds. The van der Waals surface area contributed by atoms with Gasteiger partial charge in [-0.25, -0.2) is 9.59 Å². The molecule has 49 heavy (non-hydrogen) atoms. The van der Waals surface area contributed by atoms with Gasteiger partial charge in [-0.2, -0.15) is 0 Å². The van der Waals surface area contributed by atoms with E-state index in [0.717, 1.165) is 37.5 Å². The van der Waals surface area contributed by atoms with Crippen LogP contribution in [-0.4, -0.2) is 73.7 Å². The summed E-state index contributed by atoms with van der Waals surface area (Å²) in [5, 5.41) is 17.2. The molecule has 2 saturated heterocycles. The number of hydrogen-bond acceptors (Lipinski definition) is 8. The van der Waals surface area contributed by atoms with Crippen molar-refractivity contribution in [3.05, 3.63) is 0 Å². The minimum Gasteiger partial charge on any atom is -0.450 e. The second-order valence-electron chi connectivity index (χ2n) is 15.1. The third-order valence-electron chi connectivity index (χ3n) is 11.1. The molecule has 10 heteroatoms. The number of unbranched alkanes of at least 4 members (excludes halogenated alkanes) is 11. The van der Waals surface area contributed by atoms with Crippen molar-refractivity contribution in [1.29, 1.82) is 0 Å². The number of carboxylic acid groups (broad SMARTS) is 2. The van der Waals surface area contributed by atoms with E-state index >= 15 is 0 Å². The quantitative estimate of drug-likeness (QED) is 0.0992. The molecule has 0 spiro atoms. The van der Waals surface area contributed by atoms with Crippen LogP contribution in [0.2, 0.25) is 0 Å². The maximum Gasteiger partial charge on any atom is 0.506 e. The van der Waals surface area contributed by atoms with Crippen molar-refractivity contribution in [2.75, 3.05) is 26.4 Å². The number of ether oxygens (including phenoxy) is 6. The molecule has 0 atom stereocenters. The number of carbonyl (C=O) groups is 2. The van der Waals surface area contributed by atoms with Crippen LogP contribution in [0.4, 0.5) is 9.59 Å². The molecule has 2 aliphatic carbocycles. The predicted molar refractivity (Wildman–Crippen MR) is 189 cm³/mol. The van der Waals surface area contributed by atoms with Crippen LogP contribution in [0.1, 0.15) is 162 Å². The molecule has 2 saturated carbocycles. The summed E-state index contributed by atoms with van der Waals surface area (Å²) in [6, 6.07) is 0. The van der Waals surface area contributed by atoms with Crippen LogP contribution in [0.5, 0.6) is 0 Å². The van der Waals surface area contributed by atoms with Crippen molar-refractivity contribution in [3.63, 3.8) is 0 Å². The zero-order valence-corrected chi connectivity index (χ0v) is 30.9. The molecule has 4 rings (SSSR count). The molecule has 2 heterocycles. The van der Waals surface area contributed by atoms with Crippen LogP contribution < -0.4 is 0 Å². The average Bonchev–Trinajstić information content (AvgIpc) is 3.10. The normalized spacial score (nSPS) is 30.5. The van der Waals surface area contributed by atoms with Gasteiger partial charge < -0.3 is 38.6 Å². The first-order valence-corrected chi connectivity index (χ1v) is 20.1. The summed E-state index contributed by atoms with van der Waals surface area (Å²) >= 11 is 0. The Labute approximate surface area is 296 Å². The highest BCUT2D eigenvalue weighted by molar-refractivity contribution is 5.57. The standard InChI is InChI=1S/C20H36O5.C19H34O5/c1-2-3-4-5-6-7-8-9-16-10-12-17(13-11-16)19-23-14-18(15-24-19)25-20(21)22;1-2-3-4-5-6-7-8-15-9-11-16(12-10-15)18-22-13-17(14-23-18)24-19(20)21/h16-19H,2-15H2,1H3,(H,21,22);15-18H,2-14H2,1H3,(H,20,21)/t;15-,16-,17-,18-. The molecular weight excluding hydrogens is 628 g/mol. The maximum absolute atomic E-state index is 10.5. The van der Waals surface area contributed by atoms with E-state index in [1.165, 1.54) is 122 Å². The lowest BCUT2D eigenvalue weighted by Gasteiger charge is -2.37. The number of hydrogen-bond donors (Lipinski definition) is 2. The van der Waals surface area contributed by atoms with E-state index in [0.29, 0.717) is 38.3 Å². The molecule has 0 radical (unpaired) electrons. The van der Waals surface area contributed by atoms with Gasteiger partial charge in [-0.1, -0.05) is 110 Å². The third kappa shape index (κ3) is 17.9. The summed E-state index contributed by atoms with van der Waals surface area (Å²) in [5.74, 6) is 2.66. The molecule has 4 aliphatic rings. The van der Waals surface area contributed by atoms with E-state index in [1.54, 1.807) is 0 Å². The van der Waals surface area contributed by atoms with Gasteiger partial charge in [0.15, 0.2) is 24.8 Å². The fraction of sp³-hybridized carbons (Fsp3) is 0.949. The van der Waals surface area contributed by atoms with Crippen molar-refractivity contribution in [2.24, 2.45) is 23.7 Å². The van der Waals surface area contributed by atoms with E-state index < -0.39 is 24.5 Å². The largest absolute Gasteiger partial charge is 0.506 e. The fourth-order valence-corrected chi connectivity index (χ4v) is 8.07. The highest BCUT2D eigenvalue weighted by Crippen LogP contribution is 2.37. The van der Waals surface area contributed by atoms with Gasteiger partial charge >= 0.3 is 12.3 Å². The Morgan fingerprint density at radius 3 is 1.10 bits per heavy atom. The molecule has 0 aromatic heterocycles. The third-order valence-corrected chi connectivity index (χ3v) is 11.1. The van der Waals surface area contributed by atoms with E-state index in [-0.39, 0.29) is 12.6 Å². The molecule has 0 aromatic carbocycles. The van der Waals surface area contributed by atoms with Gasteiger partial charge in [0.2, 0.25) is 0 Å². The summed E-state index contributed by atoms with van der Waals surface area (Å²) in [4.78, 5) is 21.0. The second kappa shape index (κ2) is 25.4. The smallest absolute Gasteiger partial charge is 0.450 e. The summed E-state index contributed by atoms with van der Waals surface area (Å²) in [5.41, 5.74) is 0. The highest BCUT2D eigenvalue weighted by atomic mass is 16.7.